The van der Waals surface area contributed by atoms with Crippen molar-refractivity contribution in [1.82, 2.24) is 0 Å². The Morgan fingerprint density at radius 3 is 2.60 bits per heavy atom. The van der Waals surface area contributed by atoms with Crippen LogP contribution in [0.5, 0.6) is 5.75 Å². The van der Waals surface area contributed by atoms with Gasteiger partial charge < -0.3 is 14.8 Å². The molecule has 0 fully saturated rings. The maximum atomic E-state index is 13.7. The first-order valence-corrected chi connectivity index (χ1v) is 6.08. The molecule has 2 aromatic carbocycles. The minimum atomic E-state index is -1.81. The fourth-order valence-electron chi connectivity index (χ4n) is 1.66. The van der Waals surface area contributed by atoms with Gasteiger partial charge in [0, 0.05) is 17.1 Å². The lowest BCUT2D eigenvalue weighted by atomic mass is 9.79. The lowest BCUT2D eigenvalue weighted by Crippen LogP contribution is -2.31. The van der Waals surface area contributed by atoms with E-state index in [1.54, 1.807) is 6.07 Å². The highest BCUT2D eigenvalue weighted by molar-refractivity contribution is 6.59. The lowest BCUT2D eigenvalue weighted by molar-refractivity contribution is 0.299. The van der Waals surface area contributed by atoms with Crippen molar-refractivity contribution in [1.29, 1.82) is 0 Å². The van der Waals surface area contributed by atoms with Gasteiger partial charge in [0.2, 0.25) is 0 Å². The van der Waals surface area contributed by atoms with Gasteiger partial charge in [-0.15, -0.1) is 0 Å². The molecule has 0 radical (unpaired) electrons. The van der Waals surface area contributed by atoms with Crippen LogP contribution in [0.2, 0.25) is 5.02 Å². The van der Waals surface area contributed by atoms with Gasteiger partial charge in [0.1, 0.15) is 24.0 Å². The first-order valence-electron chi connectivity index (χ1n) is 5.70. The van der Waals surface area contributed by atoms with Crippen LogP contribution in [0.25, 0.3) is 0 Å². The average Bonchev–Trinajstić information content (AvgIpc) is 2.40. The van der Waals surface area contributed by atoms with Crippen LogP contribution in [-0.4, -0.2) is 17.2 Å². The molecule has 0 aromatic heterocycles. The van der Waals surface area contributed by atoms with Crippen molar-refractivity contribution < 1.29 is 23.6 Å². The van der Waals surface area contributed by atoms with Gasteiger partial charge in [-0.25, -0.2) is 8.78 Å². The summed E-state index contributed by atoms with van der Waals surface area (Å²) in [5.41, 5.74) is 0.175. The van der Waals surface area contributed by atoms with Crippen molar-refractivity contribution in [2.45, 2.75) is 6.61 Å². The van der Waals surface area contributed by atoms with Gasteiger partial charge >= 0.3 is 7.12 Å². The van der Waals surface area contributed by atoms with E-state index in [-0.39, 0.29) is 28.4 Å². The van der Waals surface area contributed by atoms with Gasteiger partial charge in [-0.05, 0) is 12.1 Å². The van der Waals surface area contributed by atoms with Crippen molar-refractivity contribution in [2.75, 3.05) is 0 Å². The summed E-state index contributed by atoms with van der Waals surface area (Å²) in [5.74, 6) is -1.30. The molecule has 0 saturated heterocycles. The fourth-order valence-corrected chi connectivity index (χ4v) is 1.86. The highest BCUT2D eigenvalue weighted by Crippen LogP contribution is 2.20. The van der Waals surface area contributed by atoms with Crippen molar-refractivity contribution in [3.8, 4) is 5.75 Å². The van der Waals surface area contributed by atoms with Crippen LogP contribution < -0.4 is 10.2 Å². The molecular formula is C13H10BClF2O3. The summed E-state index contributed by atoms with van der Waals surface area (Å²) < 4.78 is 32.0. The average molecular weight is 298 g/mol. The van der Waals surface area contributed by atoms with E-state index in [9.17, 15) is 8.78 Å². The van der Waals surface area contributed by atoms with Crippen molar-refractivity contribution in [3.63, 3.8) is 0 Å². The zero-order valence-corrected chi connectivity index (χ0v) is 10.9. The summed E-state index contributed by atoms with van der Waals surface area (Å²) in [4.78, 5) is 0. The predicted octanol–water partition coefficient (Wildman–Crippen LogP) is 1.88. The quantitative estimate of drug-likeness (QED) is 0.847. The monoisotopic (exact) mass is 298 g/mol. The van der Waals surface area contributed by atoms with Crippen LogP contribution in [0.4, 0.5) is 8.78 Å². The molecule has 0 amide bonds. The van der Waals surface area contributed by atoms with Crippen LogP contribution >= 0.6 is 11.6 Å². The molecule has 3 nitrogen and oxygen atoms in total. The molecule has 0 saturated carbocycles. The van der Waals surface area contributed by atoms with Crippen LogP contribution in [-0.2, 0) is 6.61 Å². The zero-order valence-electron chi connectivity index (χ0n) is 10.2. The number of benzene rings is 2. The molecule has 2 aromatic rings. The second-order valence-electron chi connectivity index (χ2n) is 4.06. The molecule has 0 aliphatic rings. The molecule has 104 valence electrons. The molecule has 0 bridgehead atoms. The summed E-state index contributed by atoms with van der Waals surface area (Å²) in [6, 6.07) is 7.67. The third-order valence-corrected chi connectivity index (χ3v) is 2.96. The van der Waals surface area contributed by atoms with Crippen LogP contribution in [0.15, 0.2) is 36.4 Å². The maximum absolute atomic E-state index is 13.7. The Balaban J connectivity index is 2.22. The van der Waals surface area contributed by atoms with Gasteiger partial charge in [-0.1, -0.05) is 29.8 Å². The second kappa shape index (κ2) is 6.22. The summed E-state index contributed by atoms with van der Waals surface area (Å²) in [6.07, 6.45) is 0. The topological polar surface area (TPSA) is 49.7 Å². The Bertz CT molecular complexity index is 623. The number of hydrogen-bond donors (Lipinski definition) is 2. The van der Waals surface area contributed by atoms with Gasteiger partial charge in [0.15, 0.2) is 0 Å². The molecular weight excluding hydrogens is 288 g/mol. The van der Waals surface area contributed by atoms with Crippen molar-refractivity contribution in [2.24, 2.45) is 0 Å². The number of halogens is 3. The Hall–Kier alpha value is -1.63. The molecule has 2 N–H and O–H groups in total. The molecule has 0 aliphatic carbocycles. The predicted molar refractivity (Wildman–Crippen MR) is 72.0 cm³/mol. The second-order valence-corrected chi connectivity index (χ2v) is 4.46. The number of ether oxygens (including phenoxy) is 1. The minimum absolute atomic E-state index is 0.00571. The van der Waals surface area contributed by atoms with Crippen LogP contribution in [0.1, 0.15) is 5.56 Å². The first kappa shape index (κ1) is 14.8. The Morgan fingerprint density at radius 1 is 1.15 bits per heavy atom. The van der Waals surface area contributed by atoms with Gasteiger partial charge in [-0.2, -0.15) is 0 Å². The van der Waals surface area contributed by atoms with E-state index in [4.69, 9.17) is 26.4 Å². The van der Waals surface area contributed by atoms with E-state index in [1.807, 2.05) is 0 Å². The normalized spacial score (nSPS) is 10.4. The van der Waals surface area contributed by atoms with Gasteiger partial charge in [0.25, 0.3) is 0 Å². The van der Waals surface area contributed by atoms with Gasteiger partial charge in [-0.3, -0.25) is 0 Å². The minimum Gasteiger partial charge on any atom is -0.489 e. The highest BCUT2D eigenvalue weighted by Gasteiger charge is 2.18. The molecule has 0 unspecified atom stereocenters. The molecule has 20 heavy (non-hydrogen) atoms. The van der Waals surface area contributed by atoms with E-state index < -0.39 is 18.8 Å². The van der Waals surface area contributed by atoms with E-state index in [0.717, 1.165) is 12.1 Å². The Labute approximate surface area is 119 Å². The van der Waals surface area contributed by atoms with Crippen molar-refractivity contribution in [3.05, 3.63) is 58.6 Å². The maximum Gasteiger partial charge on any atom is 0.492 e. The largest absolute Gasteiger partial charge is 0.492 e. The van der Waals surface area contributed by atoms with E-state index in [1.165, 1.54) is 18.2 Å². The third kappa shape index (κ3) is 3.28. The fraction of sp³-hybridized carbons (Fsp3) is 0.0769. The van der Waals surface area contributed by atoms with Crippen molar-refractivity contribution >= 4 is 24.2 Å². The van der Waals surface area contributed by atoms with E-state index in [2.05, 4.69) is 0 Å². The zero-order chi connectivity index (χ0) is 14.7. The Morgan fingerprint density at radius 2 is 1.90 bits per heavy atom. The highest BCUT2D eigenvalue weighted by atomic mass is 35.5. The molecule has 2 rings (SSSR count). The van der Waals surface area contributed by atoms with Gasteiger partial charge in [0.05, 0.1) is 5.02 Å². The number of hydrogen-bond acceptors (Lipinski definition) is 3. The lowest BCUT2D eigenvalue weighted by Gasteiger charge is -2.12. The SMILES string of the molecule is OB(O)c1ccc(F)cc1OCc1cccc(Cl)c1F. The standard InChI is InChI=1S/C13H10BClF2O3/c15-11-3-1-2-8(13(11)17)7-20-12-6-9(16)4-5-10(12)14(18)19/h1-6,18-19H,7H2. The Kier molecular flexibility index (Phi) is 4.59. The molecule has 7 heteroatoms. The molecule has 0 heterocycles. The summed E-state index contributed by atoms with van der Waals surface area (Å²) in [5, 5.41) is 18.3. The van der Waals surface area contributed by atoms with E-state index in [0.29, 0.717) is 0 Å². The number of rotatable bonds is 4. The summed E-state index contributed by atoms with van der Waals surface area (Å²) in [7, 11) is -1.81. The van der Waals surface area contributed by atoms with Crippen LogP contribution in [0.3, 0.4) is 0 Å². The molecule has 0 aliphatic heterocycles. The summed E-state index contributed by atoms with van der Waals surface area (Å²) in [6.45, 7) is -0.213. The smallest absolute Gasteiger partial charge is 0.489 e. The molecule has 0 spiro atoms. The first-order chi connectivity index (χ1) is 9.49. The summed E-state index contributed by atoms with van der Waals surface area (Å²) >= 11 is 5.63. The van der Waals surface area contributed by atoms with Crippen LogP contribution in [0, 0.1) is 11.6 Å². The molecule has 0 atom stereocenters. The van der Waals surface area contributed by atoms with E-state index >= 15 is 0 Å². The third-order valence-electron chi connectivity index (χ3n) is 2.67.